The Morgan fingerprint density at radius 1 is 0.706 bits per heavy atom. The number of amides is 3. The average molecular weight is 1000 g/mol. The van der Waals surface area contributed by atoms with E-state index >= 15 is 0 Å². The predicted octanol–water partition coefficient (Wildman–Crippen LogP) is 10.1. The molecule has 9 rings (SSSR count). The predicted molar refractivity (Wildman–Crippen MR) is 239 cm³/mol. The van der Waals surface area contributed by atoms with Crippen molar-refractivity contribution < 1.29 is 55.0 Å². The smallest absolute Gasteiger partial charge is 0.419 e. The SMILES string of the molecule is Cl.N[C@H]1CCc2c(C(=O)Nc3ccc(F)c(Cl)c3)ccc(F)c21.O=C(N[C@H]1CCc2c(C(=O)Nc3ccc(F)c(Cl)c3)ccc(F)c21)OCc1cnco1.O=C(OCc1cnco1)n1ccnc1. The van der Waals surface area contributed by atoms with Crippen LogP contribution in [0.5, 0.6) is 0 Å². The van der Waals surface area contributed by atoms with Crippen LogP contribution in [-0.2, 0) is 35.5 Å². The van der Waals surface area contributed by atoms with Crippen molar-refractivity contribution in [3.63, 3.8) is 0 Å². The number of carbonyl (C=O) groups excluding carboxylic acids is 4. The third-order valence-corrected chi connectivity index (χ3v) is 10.8. The van der Waals surface area contributed by atoms with Gasteiger partial charge < -0.3 is 40.0 Å². The number of rotatable bonds is 9. The number of halogens is 7. The largest absolute Gasteiger partial charge is 0.445 e. The summed E-state index contributed by atoms with van der Waals surface area (Å²) in [5.41, 5.74) is 8.96. The molecular weight excluding hydrogens is 963 g/mol. The number of nitrogens with zero attached hydrogens (tertiary/aromatic N) is 4. The number of oxazole rings is 2. The molecule has 3 amide bonds. The van der Waals surface area contributed by atoms with Crippen LogP contribution in [-0.4, -0.2) is 43.5 Å². The molecule has 0 aliphatic heterocycles. The number of aromatic nitrogens is 4. The maximum absolute atomic E-state index is 14.6. The van der Waals surface area contributed by atoms with E-state index < -0.39 is 47.5 Å². The van der Waals surface area contributed by atoms with Crippen LogP contribution in [0.1, 0.15) is 79.4 Å². The van der Waals surface area contributed by atoms with Gasteiger partial charge in [-0.3, -0.25) is 9.59 Å². The van der Waals surface area contributed by atoms with Gasteiger partial charge in [-0.05, 0) is 97.5 Å². The van der Waals surface area contributed by atoms with Crippen molar-refractivity contribution in [2.75, 3.05) is 10.6 Å². The van der Waals surface area contributed by atoms with E-state index in [9.17, 15) is 36.7 Å². The summed E-state index contributed by atoms with van der Waals surface area (Å²) < 4.78 is 75.9. The van der Waals surface area contributed by atoms with Gasteiger partial charge in [0.05, 0.1) is 28.5 Å². The van der Waals surface area contributed by atoms with Gasteiger partial charge in [0.2, 0.25) is 0 Å². The molecule has 3 heterocycles. The molecule has 0 fully saturated rings. The first-order valence-corrected chi connectivity index (χ1v) is 20.7. The Hall–Kier alpha value is -7.26. The second-order valence-corrected chi connectivity index (χ2v) is 15.4. The van der Waals surface area contributed by atoms with E-state index in [2.05, 4.69) is 30.9 Å². The molecule has 0 radical (unpaired) electrons. The van der Waals surface area contributed by atoms with Crippen LogP contribution in [0.15, 0.2) is 113 Å². The van der Waals surface area contributed by atoms with Gasteiger partial charge in [0.15, 0.2) is 37.5 Å². The molecule has 2 atom stereocenters. The summed E-state index contributed by atoms with van der Waals surface area (Å²) in [5.74, 6) is -2.11. The highest BCUT2D eigenvalue weighted by Crippen LogP contribution is 2.37. The first kappa shape index (κ1) is 50.2. The van der Waals surface area contributed by atoms with Gasteiger partial charge >= 0.3 is 12.2 Å². The minimum atomic E-state index is -0.746. The highest BCUT2D eigenvalue weighted by molar-refractivity contribution is 6.31. The van der Waals surface area contributed by atoms with Crippen molar-refractivity contribution in [3.05, 3.63) is 183 Å². The molecule has 2 aliphatic rings. The molecule has 354 valence electrons. The van der Waals surface area contributed by atoms with Crippen molar-refractivity contribution in [2.24, 2.45) is 5.73 Å². The lowest BCUT2D eigenvalue weighted by Crippen LogP contribution is -2.28. The van der Waals surface area contributed by atoms with E-state index in [4.69, 9.17) is 47.2 Å². The number of anilines is 2. The van der Waals surface area contributed by atoms with E-state index in [-0.39, 0.29) is 58.7 Å². The molecule has 0 bridgehead atoms. The topological polar surface area (TPSA) is 219 Å². The summed E-state index contributed by atoms with van der Waals surface area (Å²) in [6, 6.07) is 11.9. The number of hydrogen-bond donors (Lipinski definition) is 4. The zero-order chi connectivity index (χ0) is 47.6. The number of carbonyl (C=O) groups is 4. The van der Waals surface area contributed by atoms with Gasteiger partial charge in [0.1, 0.15) is 29.6 Å². The lowest BCUT2D eigenvalue weighted by molar-refractivity contribution is 0.101. The number of alkyl carbamates (subject to hydrolysis) is 1. The molecule has 23 heteroatoms. The van der Waals surface area contributed by atoms with Gasteiger partial charge in [-0.1, -0.05) is 23.2 Å². The summed E-state index contributed by atoms with van der Waals surface area (Å²) in [7, 11) is 0. The standard InChI is InChI=1S/C21H16ClF2N3O4.C16H13ClF2N2O.C8H7N3O3.ClH/c22-15-7-11(1-4-16(15)23)26-20(28)14-2-5-17(24)19-13(14)3-6-18(19)27-21(29)30-9-12-8-25-10-31-12;17-11-7-8(1-4-12(11)18)21-16(22)10-2-5-13(19)15-9(10)3-6-14(15)20;12-8(11-2-1-9-5-11)13-4-7-3-10-6-14-7;/h1-2,4-5,7-8,10,18H,3,6,9H2,(H,26,28)(H,27,29);1-2,4-5,7,14H,3,6,20H2,(H,21,22);1-3,5-6H,4H2;1H/t18-;14-;;/m00../s1. The number of nitrogens with one attached hydrogen (secondary N) is 3. The molecule has 0 saturated carbocycles. The van der Waals surface area contributed by atoms with Crippen LogP contribution < -0.4 is 21.7 Å². The summed E-state index contributed by atoms with van der Waals surface area (Å²) in [4.78, 5) is 59.6. The first-order chi connectivity index (χ1) is 32.2. The van der Waals surface area contributed by atoms with Crippen LogP contribution in [0, 0.1) is 23.3 Å². The van der Waals surface area contributed by atoms with E-state index in [1.165, 1.54) is 103 Å². The Labute approximate surface area is 399 Å². The van der Waals surface area contributed by atoms with Gasteiger partial charge in [-0.2, -0.15) is 0 Å². The number of fused-ring (bicyclic) bond motifs is 2. The number of hydrogen-bond acceptors (Lipinski definition) is 12. The Kier molecular flexibility index (Phi) is 16.9. The molecule has 4 aromatic carbocycles. The summed E-state index contributed by atoms with van der Waals surface area (Å²) in [6.45, 7) is -0.0480. The Morgan fingerprint density at radius 2 is 1.22 bits per heavy atom. The van der Waals surface area contributed by atoms with E-state index in [1.807, 2.05) is 0 Å². The molecule has 16 nitrogen and oxygen atoms in total. The molecular formula is C45H37Cl3F4N8O8. The number of nitrogens with two attached hydrogens (primary N) is 1. The van der Waals surface area contributed by atoms with E-state index in [1.54, 1.807) is 0 Å². The minimum Gasteiger partial charge on any atom is -0.445 e. The van der Waals surface area contributed by atoms with Crippen LogP contribution in [0.2, 0.25) is 10.0 Å². The zero-order valence-corrected chi connectivity index (χ0v) is 37.3. The molecule has 68 heavy (non-hydrogen) atoms. The Balaban J connectivity index is 0.000000179. The molecule has 0 spiro atoms. The normalized spacial score (nSPS) is 14.1. The van der Waals surface area contributed by atoms with Gasteiger partial charge in [0.25, 0.3) is 11.8 Å². The van der Waals surface area contributed by atoms with Crippen LogP contribution in [0.4, 0.5) is 38.5 Å². The number of ether oxygens (including phenoxy) is 2. The quantitative estimate of drug-likeness (QED) is 0.0993. The average Bonchev–Trinajstić information content (AvgIpc) is 4.18. The van der Waals surface area contributed by atoms with Crippen molar-refractivity contribution in [1.82, 2.24) is 24.8 Å². The first-order valence-electron chi connectivity index (χ1n) is 20.0. The molecule has 2 aliphatic carbocycles. The Bertz CT molecular complexity index is 2890. The highest BCUT2D eigenvalue weighted by atomic mass is 35.5. The molecule has 3 aromatic heterocycles. The van der Waals surface area contributed by atoms with Crippen LogP contribution >= 0.6 is 35.6 Å². The van der Waals surface area contributed by atoms with Crippen molar-refractivity contribution in [1.29, 1.82) is 0 Å². The van der Waals surface area contributed by atoms with Crippen molar-refractivity contribution in [3.8, 4) is 0 Å². The maximum atomic E-state index is 14.6. The second kappa shape index (κ2) is 23.0. The van der Waals surface area contributed by atoms with Gasteiger partial charge in [-0.25, -0.2) is 46.7 Å². The van der Waals surface area contributed by atoms with E-state index in [0.717, 1.165) is 6.07 Å². The van der Waals surface area contributed by atoms with Crippen LogP contribution in [0.25, 0.3) is 0 Å². The minimum absolute atomic E-state index is 0. The fourth-order valence-electron chi connectivity index (χ4n) is 7.10. The fourth-order valence-corrected chi connectivity index (χ4v) is 7.46. The van der Waals surface area contributed by atoms with Crippen LogP contribution in [0.3, 0.4) is 0 Å². The third kappa shape index (κ3) is 12.4. The molecule has 5 N–H and O–H groups in total. The number of imidazole rings is 1. The number of benzene rings is 4. The molecule has 0 saturated heterocycles. The lowest BCUT2D eigenvalue weighted by atomic mass is 10.0. The Morgan fingerprint density at radius 3 is 1.74 bits per heavy atom. The lowest BCUT2D eigenvalue weighted by Gasteiger charge is -2.16. The summed E-state index contributed by atoms with van der Waals surface area (Å²) >= 11 is 11.4. The fraction of sp³-hybridized carbons (Fsp3) is 0.178. The van der Waals surface area contributed by atoms with Gasteiger partial charge in [0, 0.05) is 52.1 Å². The van der Waals surface area contributed by atoms with E-state index in [0.29, 0.717) is 70.8 Å². The summed E-state index contributed by atoms with van der Waals surface area (Å²) in [6.07, 6.45) is 10.5. The second-order valence-electron chi connectivity index (χ2n) is 14.6. The molecule has 0 unspecified atom stereocenters. The third-order valence-electron chi connectivity index (χ3n) is 10.2. The van der Waals surface area contributed by atoms with Gasteiger partial charge in [-0.15, -0.1) is 12.4 Å². The van der Waals surface area contributed by atoms with Crippen molar-refractivity contribution >= 4 is 71.0 Å². The molecule has 7 aromatic rings. The monoisotopic (exact) mass is 998 g/mol. The maximum Gasteiger partial charge on any atom is 0.419 e. The zero-order valence-electron chi connectivity index (χ0n) is 35.0. The van der Waals surface area contributed by atoms with Crippen molar-refractivity contribution in [2.45, 2.75) is 51.0 Å². The summed E-state index contributed by atoms with van der Waals surface area (Å²) in [5, 5.41) is 7.67. The highest BCUT2D eigenvalue weighted by Gasteiger charge is 2.32.